The van der Waals surface area contributed by atoms with Crippen molar-refractivity contribution in [3.05, 3.63) is 0 Å². The number of rotatable bonds is 11. The van der Waals surface area contributed by atoms with E-state index in [-0.39, 0.29) is 5.54 Å². The normalized spacial score (nSPS) is 18.6. The molecule has 1 fully saturated rings. The lowest BCUT2D eigenvalue weighted by Gasteiger charge is -2.46. The predicted molar refractivity (Wildman–Crippen MR) is 88.6 cm³/mol. The third-order valence-corrected chi connectivity index (χ3v) is 5.41. The molecule has 1 rings (SSSR count). The van der Waals surface area contributed by atoms with Gasteiger partial charge in [0, 0.05) is 11.6 Å². The molecule has 3 N–H and O–H groups in total. The fraction of sp³-hybridized carbons (Fsp3) is 1.00. The third kappa shape index (κ3) is 4.44. The van der Waals surface area contributed by atoms with Crippen molar-refractivity contribution in [3.63, 3.8) is 0 Å². The number of nitrogens with zero attached hydrogens (tertiary/aromatic N) is 1. The van der Waals surface area contributed by atoms with Crippen molar-refractivity contribution in [2.75, 3.05) is 13.1 Å². The summed E-state index contributed by atoms with van der Waals surface area (Å²) >= 11 is 0. The highest BCUT2D eigenvalue weighted by Gasteiger charge is 2.41. The molecular formula is C17H37N3. The van der Waals surface area contributed by atoms with Crippen molar-refractivity contribution in [1.82, 2.24) is 10.3 Å². The van der Waals surface area contributed by atoms with Crippen molar-refractivity contribution in [3.8, 4) is 0 Å². The van der Waals surface area contributed by atoms with Gasteiger partial charge in [-0.1, -0.05) is 52.9 Å². The smallest absolute Gasteiger partial charge is 0.0394 e. The van der Waals surface area contributed by atoms with E-state index in [4.69, 9.17) is 5.84 Å². The Labute approximate surface area is 126 Å². The highest BCUT2D eigenvalue weighted by atomic mass is 15.3. The number of likely N-dealkylation sites (tertiary alicyclic amines) is 1. The van der Waals surface area contributed by atoms with E-state index in [1.165, 1.54) is 77.3 Å². The zero-order chi connectivity index (χ0) is 14.8. The zero-order valence-electron chi connectivity index (χ0n) is 14.1. The van der Waals surface area contributed by atoms with Crippen LogP contribution in [0.15, 0.2) is 0 Å². The second kappa shape index (κ2) is 9.75. The Hall–Kier alpha value is -0.120. The van der Waals surface area contributed by atoms with Crippen LogP contribution in [0.3, 0.4) is 0 Å². The van der Waals surface area contributed by atoms with E-state index in [0.717, 1.165) is 0 Å². The molecule has 0 aromatic rings. The van der Waals surface area contributed by atoms with E-state index in [1.807, 2.05) is 0 Å². The number of hydrogen-bond acceptors (Lipinski definition) is 3. The Balaban J connectivity index is 2.56. The van der Waals surface area contributed by atoms with Gasteiger partial charge in [-0.2, -0.15) is 0 Å². The third-order valence-electron chi connectivity index (χ3n) is 5.41. The molecule has 1 unspecified atom stereocenters. The Kier molecular flexibility index (Phi) is 8.74. The predicted octanol–water partition coefficient (Wildman–Crippen LogP) is 3.83. The van der Waals surface area contributed by atoms with E-state index < -0.39 is 0 Å². The lowest BCUT2D eigenvalue weighted by atomic mass is 9.80. The molecule has 0 spiro atoms. The van der Waals surface area contributed by atoms with Crippen molar-refractivity contribution < 1.29 is 0 Å². The first kappa shape index (κ1) is 17.9. The summed E-state index contributed by atoms with van der Waals surface area (Å²) in [6, 6.07) is 0.442. The van der Waals surface area contributed by atoms with Gasteiger partial charge in [0.15, 0.2) is 0 Å². The van der Waals surface area contributed by atoms with Crippen LogP contribution in [0.2, 0.25) is 0 Å². The average molecular weight is 284 g/mol. The van der Waals surface area contributed by atoms with Gasteiger partial charge in [0.2, 0.25) is 0 Å². The molecule has 0 aromatic heterocycles. The molecule has 0 amide bonds. The minimum absolute atomic E-state index is 0.274. The van der Waals surface area contributed by atoms with Gasteiger partial charge in [0.1, 0.15) is 0 Å². The summed E-state index contributed by atoms with van der Waals surface area (Å²) in [6.07, 6.45) is 13.1. The number of hydrogen-bond donors (Lipinski definition) is 2. The fourth-order valence-electron chi connectivity index (χ4n) is 4.03. The summed E-state index contributed by atoms with van der Waals surface area (Å²) in [5.41, 5.74) is 3.44. The van der Waals surface area contributed by atoms with Crippen molar-refractivity contribution >= 4 is 0 Å². The molecule has 1 aliphatic heterocycles. The molecule has 0 radical (unpaired) electrons. The topological polar surface area (TPSA) is 41.3 Å². The Morgan fingerprint density at radius 2 is 1.60 bits per heavy atom. The number of hydrazine groups is 1. The lowest BCUT2D eigenvalue weighted by Crippen LogP contribution is -2.61. The molecule has 0 saturated carbocycles. The first-order chi connectivity index (χ1) is 9.75. The summed E-state index contributed by atoms with van der Waals surface area (Å²) in [5.74, 6) is 5.94. The van der Waals surface area contributed by atoms with Crippen LogP contribution in [0.25, 0.3) is 0 Å². The highest BCUT2D eigenvalue weighted by molar-refractivity contribution is 4.99. The van der Waals surface area contributed by atoms with Gasteiger partial charge in [-0.05, 0) is 45.2 Å². The molecule has 0 aliphatic carbocycles. The van der Waals surface area contributed by atoms with Crippen molar-refractivity contribution in [2.24, 2.45) is 5.84 Å². The Bertz CT molecular complexity index is 232. The maximum Gasteiger partial charge on any atom is 0.0394 e. The van der Waals surface area contributed by atoms with Gasteiger partial charge in [0.25, 0.3) is 0 Å². The van der Waals surface area contributed by atoms with E-state index in [2.05, 4.69) is 31.1 Å². The van der Waals surface area contributed by atoms with Crippen molar-refractivity contribution in [1.29, 1.82) is 0 Å². The summed E-state index contributed by atoms with van der Waals surface area (Å²) in [5, 5.41) is 0. The molecule has 0 aromatic carbocycles. The fourth-order valence-corrected chi connectivity index (χ4v) is 4.03. The van der Waals surface area contributed by atoms with Gasteiger partial charge in [-0.3, -0.25) is 16.2 Å². The second-order valence-electron chi connectivity index (χ2n) is 6.43. The molecule has 0 bridgehead atoms. The molecule has 20 heavy (non-hydrogen) atoms. The number of nitrogens with two attached hydrogens (primary N) is 1. The molecule has 1 atom stereocenters. The quantitative estimate of drug-likeness (QED) is 0.344. The van der Waals surface area contributed by atoms with Crippen molar-refractivity contribution in [2.45, 2.75) is 96.6 Å². The average Bonchev–Trinajstić information content (AvgIpc) is 3.01. The maximum absolute atomic E-state index is 5.94. The van der Waals surface area contributed by atoms with Crippen LogP contribution in [-0.2, 0) is 0 Å². The first-order valence-corrected chi connectivity index (χ1v) is 8.96. The molecule has 3 nitrogen and oxygen atoms in total. The molecule has 1 saturated heterocycles. The summed E-state index contributed by atoms with van der Waals surface area (Å²) in [6.45, 7) is 9.47. The SMILES string of the molecule is CCCCCCCC(NN)C(CC)(CC)N1CCCC1. The lowest BCUT2D eigenvalue weighted by molar-refractivity contribution is 0.0575. The minimum atomic E-state index is 0.274. The molecule has 1 aliphatic rings. The largest absolute Gasteiger partial charge is 0.296 e. The monoisotopic (exact) mass is 283 g/mol. The van der Waals surface area contributed by atoms with Crippen LogP contribution < -0.4 is 11.3 Å². The number of nitrogens with one attached hydrogen (secondary N) is 1. The van der Waals surface area contributed by atoms with E-state index in [9.17, 15) is 0 Å². The first-order valence-electron chi connectivity index (χ1n) is 8.96. The Morgan fingerprint density at radius 3 is 2.10 bits per heavy atom. The van der Waals surface area contributed by atoms with Gasteiger partial charge in [0.05, 0.1) is 0 Å². The van der Waals surface area contributed by atoms with Crippen LogP contribution in [0, 0.1) is 0 Å². The van der Waals surface area contributed by atoms with Gasteiger partial charge in [-0.15, -0.1) is 0 Å². The van der Waals surface area contributed by atoms with Crippen LogP contribution in [0.5, 0.6) is 0 Å². The molecular weight excluding hydrogens is 246 g/mol. The van der Waals surface area contributed by atoms with Crippen LogP contribution >= 0.6 is 0 Å². The second-order valence-corrected chi connectivity index (χ2v) is 6.43. The van der Waals surface area contributed by atoms with Crippen LogP contribution in [0.1, 0.15) is 85.0 Å². The summed E-state index contributed by atoms with van der Waals surface area (Å²) in [4.78, 5) is 2.71. The Morgan fingerprint density at radius 1 is 1.00 bits per heavy atom. The summed E-state index contributed by atoms with van der Waals surface area (Å²) in [7, 11) is 0. The van der Waals surface area contributed by atoms with Gasteiger partial charge >= 0.3 is 0 Å². The maximum atomic E-state index is 5.94. The highest BCUT2D eigenvalue weighted by Crippen LogP contribution is 2.33. The van der Waals surface area contributed by atoms with E-state index in [1.54, 1.807) is 0 Å². The molecule has 120 valence electrons. The van der Waals surface area contributed by atoms with Crippen LogP contribution in [-0.4, -0.2) is 29.6 Å². The summed E-state index contributed by atoms with van der Waals surface area (Å²) < 4.78 is 0. The molecule has 3 heteroatoms. The van der Waals surface area contributed by atoms with E-state index in [0.29, 0.717) is 6.04 Å². The van der Waals surface area contributed by atoms with Gasteiger partial charge < -0.3 is 0 Å². The van der Waals surface area contributed by atoms with Crippen LogP contribution in [0.4, 0.5) is 0 Å². The standard InChI is InChI=1S/C17H37N3/c1-4-7-8-9-10-13-16(19-18)17(5-2,6-3)20-14-11-12-15-20/h16,19H,4-15,18H2,1-3H3. The molecule has 1 heterocycles. The van der Waals surface area contributed by atoms with Gasteiger partial charge in [-0.25, -0.2) is 0 Å². The number of unbranched alkanes of at least 4 members (excludes halogenated alkanes) is 4. The zero-order valence-corrected chi connectivity index (χ0v) is 14.1. The van der Waals surface area contributed by atoms with E-state index >= 15 is 0 Å². The minimum Gasteiger partial charge on any atom is -0.296 e.